The number of hydrogen-bond acceptors (Lipinski definition) is 7. The van der Waals surface area contributed by atoms with E-state index in [0.717, 1.165) is 18.2 Å². The molecule has 0 aliphatic heterocycles. The average molecular weight is 429 g/mol. The van der Waals surface area contributed by atoms with E-state index in [9.17, 15) is 32.1 Å². The van der Waals surface area contributed by atoms with Gasteiger partial charge in [-0.15, -0.1) is 0 Å². The van der Waals surface area contributed by atoms with Crippen molar-refractivity contribution in [3.63, 3.8) is 0 Å². The molecule has 0 aliphatic rings. The highest BCUT2D eigenvalue weighted by Gasteiger charge is 2.24. The van der Waals surface area contributed by atoms with Crippen LogP contribution in [-0.2, 0) is 20.0 Å². The van der Waals surface area contributed by atoms with Crippen molar-refractivity contribution < 1.29 is 26.9 Å². The van der Waals surface area contributed by atoms with Gasteiger partial charge in [-0.1, -0.05) is 6.07 Å². The summed E-state index contributed by atoms with van der Waals surface area (Å²) in [4.78, 5) is 9.35. The number of sulfonamides is 2. The number of nitro groups is 1. The summed E-state index contributed by atoms with van der Waals surface area (Å²) >= 11 is 0. The van der Waals surface area contributed by atoms with Gasteiger partial charge in [-0.25, -0.2) is 21.6 Å². The third-order valence-corrected chi connectivity index (χ3v) is 6.43. The summed E-state index contributed by atoms with van der Waals surface area (Å²) < 4.78 is 54.4. The summed E-state index contributed by atoms with van der Waals surface area (Å²) in [5.41, 5.74) is -1.56. The Labute approximate surface area is 162 Å². The van der Waals surface area contributed by atoms with E-state index in [-0.39, 0.29) is 10.6 Å². The lowest BCUT2D eigenvalue weighted by Crippen LogP contribution is -2.40. The Hall–Kier alpha value is -2.70. The van der Waals surface area contributed by atoms with Gasteiger partial charge in [-0.3, -0.25) is 14.8 Å². The van der Waals surface area contributed by atoms with Crippen LogP contribution >= 0.6 is 0 Å². The Morgan fingerprint density at radius 3 is 2.14 bits per heavy atom. The van der Waals surface area contributed by atoms with Crippen LogP contribution in [0.3, 0.4) is 0 Å². The van der Waals surface area contributed by atoms with Crippen molar-refractivity contribution in [2.45, 2.75) is 36.1 Å². The molecule has 152 valence electrons. The van der Waals surface area contributed by atoms with Crippen LogP contribution in [0.25, 0.3) is 0 Å². The van der Waals surface area contributed by atoms with Crippen LogP contribution in [0.2, 0.25) is 0 Å². The first-order valence-electron chi connectivity index (χ1n) is 7.85. The SMILES string of the molecule is CC(C)(C)NS(=O)(=O)c1cccc(NS(=O)(=O)c2ccc(O)c([N+](=O)[O-])c2)c1. The van der Waals surface area contributed by atoms with Gasteiger partial charge in [0.1, 0.15) is 0 Å². The molecule has 28 heavy (non-hydrogen) atoms. The quantitative estimate of drug-likeness (QED) is 0.469. The summed E-state index contributed by atoms with van der Waals surface area (Å²) in [7, 11) is -8.16. The molecule has 2 aromatic carbocycles. The molecule has 0 spiro atoms. The third-order valence-electron chi connectivity index (χ3n) is 3.29. The van der Waals surface area contributed by atoms with Gasteiger partial charge < -0.3 is 5.11 Å². The molecule has 12 heteroatoms. The molecule has 0 bridgehead atoms. The van der Waals surface area contributed by atoms with Crippen LogP contribution in [0.1, 0.15) is 20.8 Å². The molecule has 0 saturated heterocycles. The summed E-state index contributed by atoms with van der Waals surface area (Å²) in [6.07, 6.45) is 0. The van der Waals surface area contributed by atoms with Crippen molar-refractivity contribution in [3.8, 4) is 5.75 Å². The molecular weight excluding hydrogens is 410 g/mol. The molecular formula is C16H19N3O7S2. The lowest BCUT2D eigenvalue weighted by Gasteiger charge is -2.20. The standard InChI is InChI=1S/C16H19N3O7S2/c1-16(2,3)18-28(25,26)12-6-4-5-11(9-12)17-27(23,24)13-7-8-15(20)14(10-13)19(21)22/h4-10,17-18,20H,1-3H3. The van der Waals surface area contributed by atoms with E-state index >= 15 is 0 Å². The molecule has 0 amide bonds. The first kappa shape index (κ1) is 21.6. The smallest absolute Gasteiger partial charge is 0.312 e. The number of nitro benzene ring substituents is 1. The van der Waals surface area contributed by atoms with Gasteiger partial charge in [-0.2, -0.15) is 0 Å². The van der Waals surface area contributed by atoms with E-state index in [1.165, 1.54) is 18.2 Å². The van der Waals surface area contributed by atoms with Crippen molar-refractivity contribution in [3.05, 3.63) is 52.6 Å². The van der Waals surface area contributed by atoms with Gasteiger partial charge in [0.2, 0.25) is 10.0 Å². The summed E-state index contributed by atoms with van der Waals surface area (Å²) in [6, 6.07) is 7.71. The Bertz CT molecular complexity index is 1120. The maximum Gasteiger partial charge on any atom is 0.312 e. The van der Waals surface area contributed by atoms with Crippen molar-refractivity contribution in [2.24, 2.45) is 0 Å². The molecule has 0 aliphatic carbocycles. The molecule has 10 nitrogen and oxygen atoms in total. The number of phenolic OH excluding ortho intramolecular Hbond substituents is 1. The number of rotatable bonds is 6. The van der Waals surface area contributed by atoms with Gasteiger partial charge >= 0.3 is 5.69 Å². The molecule has 0 unspecified atom stereocenters. The van der Waals surface area contributed by atoms with Crippen molar-refractivity contribution in [2.75, 3.05) is 4.72 Å². The van der Waals surface area contributed by atoms with Crippen LogP contribution < -0.4 is 9.44 Å². The molecule has 0 aromatic heterocycles. The van der Waals surface area contributed by atoms with E-state index in [2.05, 4.69) is 9.44 Å². The second kappa shape index (κ2) is 7.37. The number of hydrogen-bond donors (Lipinski definition) is 3. The van der Waals surface area contributed by atoms with E-state index < -0.39 is 46.8 Å². The number of aromatic hydroxyl groups is 1. The van der Waals surface area contributed by atoms with E-state index in [1.807, 2.05) is 0 Å². The lowest BCUT2D eigenvalue weighted by molar-refractivity contribution is -0.386. The maximum absolute atomic E-state index is 12.5. The fraction of sp³-hybridized carbons (Fsp3) is 0.250. The first-order chi connectivity index (χ1) is 12.7. The summed E-state index contributed by atoms with van der Waals surface area (Å²) in [5.74, 6) is -0.676. The topological polar surface area (TPSA) is 156 Å². The predicted octanol–water partition coefficient (Wildman–Crippen LogP) is 2.18. The Kier molecular flexibility index (Phi) is 5.69. The van der Waals surface area contributed by atoms with Gasteiger partial charge in [0.05, 0.1) is 20.4 Å². The molecule has 2 aromatic rings. The van der Waals surface area contributed by atoms with Crippen LogP contribution in [-0.4, -0.2) is 32.4 Å². The molecule has 0 atom stereocenters. The van der Waals surface area contributed by atoms with Crippen molar-refractivity contribution in [1.29, 1.82) is 0 Å². The van der Waals surface area contributed by atoms with E-state index in [4.69, 9.17) is 0 Å². The van der Waals surface area contributed by atoms with Gasteiger partial charge in [0.15, 0.2) is 5.75 Å². The molecule has 0 radical (unpaired) electrons. The minimum absolute atomic E-state index is 0.0486. The highest BCUT2D eigenvalue weighted by Crippen LogP contribution is 2.29. The molecule has 0 fully saturated rings. The number of nitrogens with zero attached hydrogens (tertiary/aromatic N) is 1. The van der Waals surface area contributed by atoms with E-state index in [0.29, 0.717) is 6.07 Å². The highest BCUT2D eigenvalue weighted by atomic mass is 32.2. The second-order valence-corrected chi connectivity index (χ2v) is 10.3. The van der Waals surface area contributed by atoms with Gasteiger partial charge in [-0.05, 0) is 51.1 Å². The molecule has 2 rings (SSSR count). The zero-order valence-corrected chi connectivity index (χ0v) is 16.8. The maximum atomic E-state index is 12.5. The number of nitrogens with one attached hydrogen (secondary N) is 2. The van der Waals surface area contributed by atoms with Gasteiger partial charge in [0, 0.05) is 11.6 Å². The minimum Gasteiger partial charge on any atom is -0.502 e. The fourth-order valence-corrected chi connectivity index (χ4v) is 4.75. The fourth-order valence-electron chi connectivity index (χ4n) is 2.22. The Morgan fingerprint density at radius 1 is 0.964 bits per heavy atom. The zero-order chi connectivity index (χ0) is 21.3. The largest absolute Gasteiger partial charge is 0.502 e. The van der Waals surface area contributed by atoms with Gasteiger partial charge in [0.25, 0.3) is 10.0 Å². The predicted molar refractivity (Wildman–Crippen MR) is 102 cm³/mol. The average Bonchev–Trinajstić information content (AvgIpc) is 2.52. The molecule has 0 heterocycles. The molecule has 3 N–H and O–H groups in total. The number of anilines is 1. The Balaban J connectivity index is 2.38. The Morgan fingerprint density at radius 2 is 1.57 bits per heavy atom. The van der Waals surface area contributed by atoms with Crippen molar-refractivity contribution in [1.82, 2.24) is 4.72 Å². The first-order valence-corrected chi connectivity index (χ1v) is 10.8. The number of benzene rings is 2. The van der Waals surface area contributed by atoms with Crippen LogP contribution in [0.15, 0.2) is 52.3 Å². The van der Waals surface area contributed by atoms with Crippen molar-refractivity contribution >= 4 is 31.4 Å². The zero-order valence-electron chi connectivity index (χ0n) is 15.2. The minimum atomic E-state index is -4.26. The summed E-state index contributed by atoms with van der Waals surface area (Å²) in [5, 5.41) is 20.3. The monoisotopic (exact) mass is 429 g/mol. The van der Waals surface area contributed by atoms with Crippen LogP contribution in [0.4, 0.5) is 11.4 Å². The number of phenols is 1. The lowest BCUT2D eigenvalue weighted by atomic mass is 10.1. The normalized spacial score (nSPS) is 12.5. The third kappa shape index (κ3) is 5.18. The molecule has 0 saturated carbocycles. The summed E-state index contributed by atoms with van der Waals surface area (Å²) in [6.45, 7) is 4.98. The van der Waals surface area contributed by atoms with Crippen LogP contribution in [0, 0.1) is 10.1 Å². The van der Waals surface area contributed by atoms with Crippen LogP contribution in [0.5, 0.6) is 5.75 Å². The second-order valence-electron chi connectivity index (χ2n) is 6.90. The highest BCUT2D eigenvalue weighted by molar-refractivity contribution is 7.92. The van der Waals surface area contributed by atoms with E-state index in [1.54, 1.807) is 20.8 Å².